The van der Waals surface area contributed by atoms with Crippen LogP contribution >= 0.6 is 0 Å². The van der Waals surface area contributed by atoms with E-state index in [9.17, 15) is 24.0 Å². The number of imide groups is 2. The highest BCUT2D eigenvalue weighted by atomic mass is 16.5. The molecule has 0 bridgehead atoms. The number of urea groups is 1. The summed E-state index contributed by atoms with van der Waals surface area (Å²) in [7, 11) is 0. The molecular weight excluding hydrogens is 378 g/mol. The molecule has 2 N–H and O–H groups in total. The molecule has 2 aliphatic rings. The third-order valence-corrected chi connectivity index (χ3v) is 4.61. The molecule has 9 nitrogen and oxygen atoms in total. The molecule has 1 atom stereocenters. The number of hydrogen-bond acceptors (Lipinski definition) is 6. The smallest absolute Gasteiger partial charge is 0.329 e. The van der Waals surface area contributed by atoms with Crippen LogP contribution in [0.4, 0.5) is 4.79 Å². The summed E-state index contributed by atoms with van der Waals surface area (Å²) in [6.45, 7) is 3.00. The zero-order valence-electron chi connectivity index (χ0n) is 16.3. The van der Waals surface area contributed by atoms with Gasteiger partial charge in [0, 0.05) is 6.04 Å². The number of hydrogen-bond donors (Lipinski definition) is 2. The van der Waals surface area contributed by atoms with Gasteiger partial charge in [-0.15, -0.1) is 0 Å². The largest absolute Gasteiger partial charge is 0.454 e. The van der Waals surface area contributed by atoms with Crippen molar-refractivity contribution >= 4 is 29.7 Å². The van der Waals surface area contributed by atoms with Gasteiger partial charge in [0.15, 0.2) is 6.61 Å². The second-order valence-corrected chi connectivity index (χ2v) is 7.57. The van der Waals surface area contributed by atoms with Crippen LogP contribution in [0, 0.1) is 5.92 Å². The van der Waals surface area contributed by atoms with Crippen LogP contribution in [0.2, 0.25) is 0 Å². The molecule has 1 fully saturated rings. The normalized spacial score (nSPS) is 16.4. The summed E-state index contributed by atoms with van der Waals surface area (Å²) in [5.74, 6) is -2.81. The Morgan fingerprint density at radius 2 is 1.69 bits per heavy atom. The second-order valence-electron chi connectivity index (χ2n) is 7.57. The van der Waals surface area contributed by atoms with Crippen LogP contribution < -0.4 is 10.6 Å². The van der Waals surface area contributed by atoms with Gasteiger partial charge in [-0.3, -0.25) is 24.6 Å². The Bertz CT molecular complexity index is 827. The third-order valence-electron chi connectivity index (χ3n) is 4.61. The summed E-state index contributed by atoms with van der Waals surface area (Å²) >= 11 is 0. The van der Waals surface area contributed by atoms with Crippen molar-refractivity contribution in [3.8, 4) is 0 Å². The minimum Gasteiger partial charge on any atom is -0.454 e. The molecular formula is C20H23N3O6. The second kappa shape index (κ2) is 8.42. The average molecular weight is 401 g/mol. The fourth-order valence-electron chi connectivity index (χ4n) is 3.09. The molecule has 5 amide bonds. The van der Waals surface area contributed by atoms with Gasteiger partial charge in [0.1, 0.15) is 6.04 Å². The Morgan fingerprint density at radius 1 is 1.10 bits per heavy atom. The molecule has 0 unspecified atom stereocenters. The Labute approximate surface area is 167 Å². The number of rotatable bonds is 7. The van der Waals surface area contributed by atoms with E-state index >= 15 is 0 Å². The summed E-state index contributed by atoms with van der Waals surface area (Å²) < 4.78 is 5.02. The Balaban J connectivity index is 1.64. The van der Waals surface area contributed by atoms with Crippen LogP contribution in [0.1, 0.15) is 53.8 Å². The van der Waals surface area contributed by atoms with Crippen molar-refractivity contribution < 1.29 is 28.7 Å². The molecule has 0 spiro atoms. The molecule has 154 valence electrons. The van der Waals surface area contributed by atoms with E-state index in [0.29, 0.717) is 0 Å². The van der Waals surface area contributed by atoms with E-state index in [2.05, 4.69) is 10.6 Å². The monoisotopic (exact) mass is 401 g/mol. The van der Waals surface area contributed by atoms with Gasteiger partial charge in [-0.05, 0) is 37.3 Å². The van der Waals surface area contributed by atoms with Crippen molar-refractivity contribution in [1.82, 2.24) is 15.5 Å². The minimum absolute atomic E-state index is 0.0185. The highest BCUT2D eigenvalue weighted by Gasteiger charge is 2.43. The van der Waals surface area contributed by atoms with Gasteiger partial charge >= 0.3 is 12.0 Å². The molecule has 0 radical (unpaired) electrons. The molecule has 1 heterocycles. The van der Waals surface area contributed by atoms with Gasteiger partial charge in [0.2, 0.25) is 0 Å². The molecule has 1 aromatic carbocycles. The zero-order valence-corrected chi connectivity index (χ0v) is 16.3. The van der Waals surface area contributed by atoms with Crippen LogP contribution in [0.15, 0.2) is 24.3 Å². The average Bonchev–Trinajstić information content (AvgIpc) is 3.44. The fourth-order valence-corrected chi connectivity index (χ4v) is 3.09. The number of carbonyl (C=O) groups is 5. The van der Waals surface area contributed by atoms with Crippen molar-refractivity contribution in [3.05, 3.63) is 35.4 Å². The molecule has 1 aromatic rings. The first-order valence-electron chi connectivity index (χ1n) is 9.51. The van der Waals surface area contributed by atoms with Crippen molar-refractivity contribution in [2.75, 3.05) is 6.61 Å². The number of nitrogens with one attached hydrogen (secondary N) is 2. The van der Waals surface area contributed by atoms with E-state index in [0.717, 1.165) is 17.7 Å². The first kappa shape index (κ1) is 20.5. The molecule has 29 heavy (non-hydrogen) atoms. The van der Waals surface area contributed by atoms with E-state index in [4.69, 9.17) is 4.74 Å². The maximum atomic E-state index is 12.7. The number of ether oxygens (including phenoxy) is 1. The third kappa shape index (κ3) is 4.79. The van der Waals surface area contributed by atoms with Crippen LogP contribution in [-0.2, 0) is 14.3 Å². The quantitative estimate of drug-likeness (QED) is 0.523. The summed E-state index contributed by atoms with van der Waals surface area (Å²) in [6, 6.07) is 4.61. The first-order valence-corrected chi connectivity index (χ1v) is 9.51. The lowest BCUT2D eigenvalue weighted by molar-refractivity contribution is -0.152. The highest BCUT2D eigenvalue weighted by molar-refractivity contribution is 6.22. The van der Waals surface area contributed by atoms with E-state index in [1.165, 1.54) is 12.1 Å². The molecule has 0 saturated heterocycles. The number of nitrogens with zero attached hydrogens (tertiary/aromatic N) is 1. The van der Waals surface area contributed by atoms with Crippen molar-refractivity contribution in [2.45, 2.75) is 45.2 Å². The van der Waals surface area contributed by atoms with Gasteiger partial charge < -0.3 is 10.1 Å². The minimum atomic E-state index is -1.16. The fraction of sp³-hybridized carbons (Fsp3) is 0.450. The van der Waals surface area contributed by atoms with Crippen LogP contribution in [-0.4, -0.2) is 53.3 Å². The molecule has 1 aliphatic carbocycles. The van der Waals surface area contributed by atoms with Gasteiger partial charge in [0.25, 0.3) is 17.7 Å². The van der Waals surface area contributed by atoms with Crippen molar-refractivity contribution in [2.24, 2.45) is 5.92 Å². The lowest BCUT2D eigenvalue weighted by Crippen LogP contribution is -2.47. The molecule has 1 aliphatic heterocycles. The van der Waals surface area contributed by atoms with Crippen LogP contribution in [0.25, 0.3) is 0 Å². The summed E-state index contributed by atoms with van der Waals surface area (Å²) in [4.78, 5) is 62.3. The van der Waals surface area contributed by atoms with E-state index in [1.807, 2.05) is 13.8 Å². The van der Waals surface area contributed by atoms with Gasteiger partial charge in [-0.2, -0.15) is 0 Å². The van der Waals surface area contributed by atoms with Gasteiger partial charge in [0.05, 0.1) is 11.1 Å². The van der Waals surface area contributed by atoms with E-state index < -0.39 is 42.4 Å². The Hall–Kier alpha value is -3.23. The number of carbonyl (C=O) groups excluding carboxylic acids is 5. The predicted molar refractivity (Wildman–Crippen MR) is 101 cm³/mol. The lowest BCUT2D eigenvalue weighted by Gasteiger charge is -2.25. The Morgan fingerprint density at radius 3 is 2.21 bits per heavy atom. The van der Waals surface area contributed by atoms with Crippen LogP contribution in [0.5, 0.6) is 0 Å². The van der Waals surface area contributed by atoms with Crippen molar-refractivity contribution in [1.29, 1.82) is 0 Å². The van der Waals surface area contributed by atoms with E-state index in [-0.39, 0.29) is 29.5 Å². The maximum absolute atomic E-state index is 12.7. The van der Waals surface area contributed by atoms with Crippen LogP contribution in [0.3, 0.4) is 0 Å². The maximum Gasteiger partial charge on any atom is 0.329 e. The zero-order chi connectivity index (χ0) is 21.1. The Kier molecular flexibility index (Phi) is 5.95. The summed E-state index contributed by atoms with van der Waals surface area (Å²) in [5.41, 5.74) is 0.460. The van der Waals surface area contributed by atoms with Crippen molar-refractivity contribution in [3.63, 3.8) is 0 Å². The molecule has 3 rings (SSSR count). The summed E-state index contributed by atoms with van der Waals surface area (Å²) in [5, 5.41) is 4.65. The number of fused-ring (bicyclic) bond motifs is 1. The SMILES string of the molecule is CC(C)C[C@@H](C(=O)OCC(=O)NC(=O)NC1CC1)N1C(=O)c2ccccc2C1=O. The number of benzene rings is 1. The molecule has 9 heteroatoms. The highest BCUT2D eigenvalue weighted by Crippen LogP contribution is 2.27. The number of esters is 1. The van der Waals surface area contributed by atoms with Gasteiger partial charge in [-0.25, -0.2) is 9.59 Å². The van der Waals surface area contributed by atoms with E-state index in [1.54, 1.807) is 12.1 Å². The lowest BCUT2D eigenvalue weighted by atomic mass is 10.0. The molecule has 0 aromatic heterocycles. The first-order chi connectivity index (χ1) is 13.8. The van der Waals surface area contributed by atoms with Gasteiger partial charge in [-0.1, -0.05) is 26.0 Å². The topological polar surface area (TPSA) is 122 Å². The molecule has 1 saturated carbocycles. The predicted octanol–water partition coefficient (Wildman–Crippen LogP) is 1.23. The summed E-state index contributed by atoms with van der Waals surface area (Å²) in [6.07, 6.45) is 1.93. The standard InChI is InChI=1S/C20H23N3O6/c1-11(2)9-15(23-17(25)13-5-3-4-6-14(13)18(23)26)19(27)29-10-16(24)22-20(28)21-12-7-8-12/h3-6,11-12,15H,7-10H2,1-2H3,(H2,21,22,24,28)/t15-/m0/s1. The number of amides is 5.